The number of aliphatic hydroxyl groups excluding tert-OH is 1. The molecule has 40 heavy (non-hydrogen) atoms. The first kappa shape index (κ1) is 29.2. The number of carbonyl (C=O) groups excluding carboxylic acids is 1. The van der Waals surface area contributed by atoms with E-state index >= 15 is 0 Å². The summed E-state index contributed by atoms with van der Waals surface area (Å²) in [6.45, 7) is 4.06. The minimum atomic E-state index is -3.79. The molecule has 3 aliphatic rings. The molecule has 1 amide bonds. The number of nitrogens with one attached hydrogen (secondary N) is 1. The van der Waals surface area contributed by atoms with Crippen molar-refractivity contribution in [1.82, 2.24) is 4.72 Å². The van der Waals surface area contributed by atoms with Gasteiger partial charge in [0, 0.05) is 30.3 Å². The number of aliphatic hydroxyl groups is 1. The number of fused-ring (bicyclic) bond motifs is 3. The molecular formula is C31H41ClN2O5S. The molecule has 2 aromatic rings. The van der Waals surface area contributed by atoms with E-state index in [0.717, 1.165) is 75.7 Å². The maximum atomic E-state index is 13.2. The highest BCUT2D eigenvalue weighted by molar-refractivity contribution is 7.90. The molecule has 2 N–H and O–H groups in total. The van der Waals surface area contributed by atoms with Crippen LogP contribution >= 0.6 is 11.6 Å². The van der Waals surface area contributed by atoms with Crippen molar-refractivity contribution < 1.29 is 23.1 Å². The minimum absolute atomic E-state index is 0.0798. The molecule has 1 aliphatic carbocycles. The molecule has 5 rings (SSSR count). The van der Waals surface area contributed by atoms with E-state index in [4.69, 9.17) is 16.3 Å². The Hall–Kier alpha value is -2.29. The van der Waals surface area contributed by atoms with Gasteiger partial charge in [0.25, 0.3) is 5.91 Å². The van der Waals surface area contributed by atoms with E-state index in [9.17, 15) is 18.3 Å². The van der Waals surface area contributed by atoms with Gasteiger partial charge in [-0.2, -0.15) is 0 Å². The van der Waals surface area contributed by atoms with E-state index in [-0.39, 0.29) is 24.2 Å². The predicted octanol–water partition coefficient (Wildman–Crippen LogP) is 5.58. The Morgan fingerprint density at radius 1 is 1.05 bits per heavy atom. The number of aryl methyl sites for hydroxylation is 1. The normalized spacial score (nSPS) is 27.6. The molecule has 2 bridgehead atoms. The quantitative estimate of drug-likeness (QED) is 0.452. The van der Waals surface area contributed by atoms with Crippen molar-refractivity contribution in [3.05, 3.63) is 58.1 Å². The molecule has 1 saturated carbocycles. The van der Waals surface area contributed by atoms with Crippen LogP contribution in [0.15, 0.2) is 36.4 Å². The zero-order valence-electron chi connectivity index (χ0n) is 23.3. The number of carbonyl (C=O) groups is 1. The van der Waals surface area contributed by atoms with Crippen LogP contribution in [0.25, 0.3) is 0 Å². The number of nitrogens with zero attached hydrogens (tertiary/aromatic N) is 1. The standard InChI is InChI=1S/C31H41ClN2O5S/c1-21-5-4-7-25(18-35)28-12-9-24(28)17-34-14-3-2-6-22-15-27(32)11-8-26(22)19-39-30-13-10-23(16-29(30)34)31(36)33-40(37,38)20-21/h8,10-11,13,15-16,21,24-25,28,35H,2-7,9,12,14,17-20H2,1H3,(H,33,36)/t21-,24-,25+,28+/m0/s1. The third-order valence-corrected chi connectivity index (χ3v) is 10.8. The van der Waals surface area contributed by atoms with Crippen molar-refractivity contribution in [2.75, 3.05) is 30.3 Å². The zero-order chi connectivity index (χ0) is 28.3. The Kier molecular flexibility index (Phi) is 9.28. The minimum Gasteiger partial charge on any atom is -0.487 e. The number of hydrogen-bond acceptors (Lipinski definition) is 6. The van der Waals surface area contributed by atoms with Crippen LogP contribution in [0.5, 0.6) is 5.75 Å². The lowest BCUT2D eigenvalue weighted by atomic mass is 9.65. The molecule has 1 fully saturated rings. The van der Waals surface area contributed by atoms with Crippen molar-refractivity contribution in [2.45, 2.75) is 64.9 Å². The summed E-state index contributed by atoms with van der Waals surface area (Å²) < 4.78 is 34.4. The molecule has 2 aliphatic heterocycles. The topological polar surface area (TPSA) is 95.9 Å². The number of sulfonamides is 1. The summed E-state index contributed by atoms with van der Waals surface area (Å²) in [5.74, 6) is 0.999. The van der Waals surface area contributed by atoms with Crippen molar-refractivity contribution in [1.29, 1.82) is 0 Å². The van der Waals surface area contributed by atoms with Crippen LogP contribution in [0.2, 0.25) is 5.02 Å². The van der Waals surface area contributed by atoms with E-state index in [2.05, 4.69) is 9.62 Å². The van der Waals surface area contributed by atoms with Crippen LogP contribution in [0.1, 0.15) is 73.4 Å². The first-order valence-corrected chi connectivity index (χ1v) is 16.7. The average molecular weight is 589 g/mol. The first-order valence-electron chi connectivity index (χ1n) is 14.7. The molecule has 0 radical (unpaired) electrons. The Bertz CT molecular complexity index is 1320. The van der Waals surface area contributed by atoms with Gasteiger partial charge in [0.15, 0.2) is 0 Å². The monoisotopic (exact) mass is 588 g/mol. The van der Waals surface area contributed by atoms with Gasteiger partial charge in [-0.25, -0.2) is 13.1 Å². The van der Waals surface area contributed by atoms with Crippen LogP contribution in [0.4, 0.5) is 5.69 Å². The summed E-state index contributed by atoms with van der Waals surface area (Å²) in [5, 5.41) is 11.0. The second-order valence-corrected chi connectivity index (χ2v) is 14.2. The summed E-state index contributed by atoms with van der Waals surface area (Å²) in [7, 11) is -3.79. The predicted molar refractivity (Wildman–Crippen MR) is 158 cm³/mol. The number of amides is 1. The molecule has 2 aromatic carbocycles. The maximum Gasteiger partial charge on any atom is 0.264 e. The Morgan fingerprint density at radius 2 is 1.90 bits per heavy atom. The van der Waals surface area contributed by atoms with Gasteiger partial charge >= 0.3 is 0 Å². The Labute approximate surface area is 243 Å². The molecule has 0 spiro atoms. The molecule has 218 valence electrons. The SMILES string of the molecule is C[C@H]1CCC[C@H](CO)[C@@H]2CC[C@H]2CN2CCCCc3cc(Cl)ccc3COc3ccc(cc32)C(=O)NS(=O)(=O)C1. The molecule has 9 heteroatoms. The number of ether oxygens (including phenoxy) is 1. The highest BCUT2D eigenvalue weighted by Gasteiger charge is 2.38. The van der Waals surface area contributed by atoms with Crippen LogP contribution in [0.3, 0.4) is 0 Å². The number of benzene rings is 2. The summed E-state index contributed by atoms with van der Waals surface area (Å²) in [6.07, 6.45) is 7.58. The van der Waals surface area contributed by atoms with E-state index in [0.29, 0.717) is 34.8 Å². The van der Waals surface area contributed by atoms with Crippen molar-refractivity contribution in [2.24, 2.45) is 23.7 Å². The van der Waals surface area contributed by atoms with Crippen molar-refractivity contribution >= 4 is 33.2 Å². The highest BCUT2D eigenvalue weighted by Crippen LogP contribution is 2.44. The van der Waals surface area contributed by atoms with Gasteiger partial charge in [0.05, 0.1) is 11.4 Å². The van der Waals surface area contributed by atoms with Crippen LogP contribution in [-0.4, -0.2) is 44.9 Å². The fraction of sp³-hybridized carbons (Fsp3) is 0.581. The third kappa shape index (κ3) is 6.94. The average Bonchev–Trinajstić information content (AvgIpc) is 2.92. The van der Waals surface area contributed by atoms with Gasteiger partial charge in [-0.05, 0) is 110 Å². The molecule has 2 heterocycles. The summed E-state index contributed by atoms with van der Waals surface area (Å²) in [4.78, 5) is 15.5. The summed E-state index contributed by atoms with van der Waals surface area (Å²) >= 11 is 6.30. The fourth-order valence-electron chi connectivity index (χ4n) is 6.67. The lowest BCUT2D eigenvalue weighted by Gasteiger charge is -2.44. The van der Waals surface area contributed by atoms with Gasteiger partial charge in [-0.1, -0.05) is 31.0 Å². The number of rotatable bonds is 1. The van der Waals surface area contributed by atoms with Gasteiger partial charge in [0.2, 0.25) is 10.0 Å². The van der Waals surface area contributed by atoms with Crippen molar-refractivity contribution in [3.8, 4) is 5.75 Å². The van der Waals surface area contributed by atoms with Gasteiger partial charge in [0.1, 0.15) is 12.4 Å². The van der Waals surface area contributed by atoms with E-state index in [1.54, 1.807) is 18.2 Å². The Balaban J connectivity index is 1.52. The zero-order valence-corrected chi connectivity index (χ0v) is 24.9. The van der Waals surface area contributed by atoms with E-state index < -0.39 is 15.9 Å². The van der Waals surface area contributed by atoms with Crippen molar-refractivity contribution in [3.63, 3.8) is 0 Å². The number of anilines is 1. The second-order valence-electron chi connectivity index (χ2n) is 12.0. The highest BCUT2D eigenvalue weighted by atomic mass is 35.5. The summed E-state index contributed by atoms with van der Waals surface area (Å²) in [6, 6.07) is 11.1. The molecule has 0 aromatic heterocycles. The molecule has 0 saturated heterocycles. The van der Waals surface area contributed by atoms with E-state index in [1.807, 2.05) is 25.1 Å². The summed E-state index contributed by atoms with van der Waals surface area (Å²) in [5.41, 5.74) is 3.39. The Morgan fingerprint density at radius 3 is 2.67 bits per heavy atom. The smallest absolute Gasteiger partial charge is 0.264 e. The van der Waals surface area contributed by atoms with Gasteiger partial charge in [-0.15, -0.1) is 0 Å². The molecule has 0 unspecified atom stereocenters. The largest absolute Gasteiger partial charge is 0.487 e. The molecular weight excluding hydrogens is 548 g/mol. The third-order valence-electron chi connectivity index (χ3n) is 9.03. The lowest BCUT2D eigenvalue weighted by Crippen LogP contribution is -2.43. The fourth-order valence-corrected chi connectivity index (χ4v) is 8.27. The van der Waals surface area contributed by atoms with Crippen LogP contribution in [-0.2, 0) is 23.1 Å². The van der Waals surface area contributed by atoms with E-state index in [1.165, 1.54) is 5.56 Å². The lowest BCUT2D eigenvalue weighted by molar-refractivity contribution is 0.0576. The number of hydrogen-bond donors (Lipinski definition) is 2. The van der Waals surface area contributed by atoms with Crippen LogP contribution < -0.4 is 14.4 Å². The number of halogens is 1. The van der Waals surface area contributed by atoms with Gasteiger partial charge < -0.3 is 14.7 Å². The molecule has 7 nitrogen and oxygen atoms in total. The molecule has 4 atom stereocenters. The second kappa shape index (κ2) is 12.7. The first-order chi connectivity index (χ1) is 19.2. The van der Waals surface area contributed by atoms with Crippen LogP contribution in [0, 0.1) is 23.7 Å². The maximum absolute atomic E-state index is 13.2. The van der Waals surface area contributed by atoms with Gasteiger partial charge in [-0.3, -0.25) is 4.79 Å².